The van der Waals surface area contributed by atoms with E-state index in [0.717, 1.165) is 39.4 Å². The van der Waals surface area contributed by atoms with Crippen LogP contribution in [0.5, 0.6) is 0 Å². The highest BCUT2D eigenvalue weighted by atomic mass is 32.2. The van der Waals surface area contributed by atoms with Gasteiger partial charge in [0.25, 0.3) is 0 Å². The van der Waals surface area contributed by atoms with Crippen molar-refractivity contribution in [3.05, 3.63) is 36.0 Å². The van der Waals surface area contributed by atoms with Gasteiger partial charge in [0, 0.05) is 23.0 Å². The molecule has 1 saturated carbocycles. The summed E-state index contributed by atoms with van der Waals surface area (Å²) in [5, 5.41) is 14.0. The maximum Gasteiger partial charge on any atom is 0.214 e. The molecular weight excluding hydrogens is 284 g/mol. The van der Waals surface area contributed by atoms with Crippen LogP contribution in [0.3, 0.4) is 0 Å². The largest absolute Gasteiger partial charge is 0.326 e. The third kappa shape index (κ3) is 2.28. The zero-order valence-corrected chi connectivity index (χ0v) is 12.1. The summed E-state index contributed by atoms with van der Waals surface area (Å²) < 4.78 is 1.92. The number of pyridine rings is 1. The third-order valence-electron chi connectivity index (χ3n) is 3.57. The summed E-state index contributed by atoms with van der Waals surface area (Å²) in [5.41, 5.74) is 7.85. The molecule has 0 amide bonds. The van der Waals surface area contributed by atoms with Crippen molar-refractivity contribution in [1.82, 2.24) is 25.2 Å². The van der Waals surface area contributed by atoms with E-state index in [1.807, 2.05) is 29.1 Å². The summed E-state index contributed by atoms with van der Waals surface area (Å²) in [7, 11) is 0. The predicted octanol–water partition coefficient (Wildman–Crippen LogP) is 2.17. The van der Waals surface area contributed by atoms with E-state index in [9.17, 15) is 0 Å². The van der Waals surface area contributed by atoms with Gasteiger partial charge in [-0.3, -0.25) is 4.98 Å². The van der Waals surface area contributed by atoms with Gasteiger partial charge in [-0.25, -0.2) is 4.68 Å². The van der Waals surface area contributed by atoms with Crippen LogP contribution in [0.1, 0.15) is 24.4 Å². The first kappa shape index (κ1) is 12.7. The van der Waals surface area contributed by atoms with Crippen LogP contribution in [0.4, 0.5) is 0 Å². The van der Waals surface area contributed by atoms with Crippen molar-refractivity contribution in [2.75, 3.05) is 0 Å². The van der Waals surface area contributed by atoms with Gasteiger partial charge in [-0.2, -0.15) is 0 Å². The molecule has 7 heteroatoms. The monoisotopic (exact) mass is 298 g/mol. The van der Waals surface area contributed by atoms with Crippen LogP contribution >= 0.6 is 11.8 Å². The highest BCUT2D eigenvalue weighted by Gasteiger charge is 2.28. The average Bonchev–Trinajstić information content (AvgIpc) is 3.27. The Hall–Kier alpha value is -1.99. The molecule has 1 aromatic carbocycles. The molecule has 0 saturated heterocycles. The van der Waals surface area contributed by atoms with Gasteiger partial charge in [-0.05, 0) is 46.7 Å². The Bertz CT molecular complexity index is 795. The summed E-state index contributed by atoms with van der Waals surface area (Å²) in [6, 6.07) is 8.52. The van der Waals surface area contributed by atoms with E-state index in [1.165, 1.54) is 0 Å². The zero-order valence-electron chi connectivity index (χ0n) is 11.3. The molecule has 1 aliphatic carbocycles. The van der Waals surface area contributed by atoms with Gasteiger partial charge in [0.05, 0.1) is 11.6 Å². The van der Waals surface area contributed by atoms with Gasteiger partial charge < -0.3 is 5.73 Å². The lowest BCUT2D eigenvalue weighted by molar-refractivity contribution is 0.565. The Labute approximate surface area is 125 Å². The van der Waals surface area contributed by atoms with E-state index in [1.54, 1.807) is 11.8 Å². The average molecular weight is 298 g/mol. The first-order valence-electron chi connectivity index (χ1n) is 6.89. The Balaban J connectivity index is 1.82. The summed E-state index contributed by atoms with van der Waals surface area (Å²) in [5.74, 6) is 0. The van der Waals surface area contributed by atoms with Crippen LogP contribution in [0.25, 0.3) is 10.9 Å². The second kappa shape index (κ2) is 5.09. The second-order valence-corrected chi connectivity index (χ2v) is 6.05. The second-order valence-electron chi connectivity index (χ2n) is 5.07. The van der Waals surface area contributed by atoms with Crippen molar-refractivity contribution in [2.24, 2.45) is 5.73 Å². The first-order chi connectivity index (χ1) is 10.4. The maximum absolute atomic E-state index is 5.87. The number of hydrogen-bond donors (Lipinski definition) is 1. The molecule has 106 valence electrons. The molecule has 4 rings (SSSR count). The van der Waals surface area contributed by atoms with Crippen molar-refractivity contribution in [3.63, 3.8) is 0 Å². The van der Waals surface area contributed by atoms with Crippen LogP contribution < -0.4 is 5.73 Å². The van der Waals surface area contributed by atoms with Crippen LogP contribution in [0, 0.1) is 0 Å². The molecule has 2 N–H and O–H groups in total. The van der Waals surface area contributed by atoms with Gasteiger partial charge in [-0.1, -0.05) is 18.2 Å². The highest BCUT2D eigenvalue weighted by molar-refractivity contribution is 7.99. The summed E-state index contributed by atoms with van der Waals surface area (Å²) in [6.07, 6.45) is 4.15. The minimum absolute atomic E-state index is 0.450. The first-order valence-corrected chi connectivity index (χ1v) is 7.71. The number of nitrogens with two attached hydrogens (primary N) is 1. The van der Waals surface area contributed by atoms with Crippen LogP contribution in [-0.4, -0.2) is 25.2 Å². The minimum atomic E-state index is 0.450. The smallest absolute Gasteiger partial charge is 0.214 e. The molecule has 21 heavy (non-hydrogen) atoms. The number of benzene rings is 1. The summed E-state index contributed by atoms with van der Waals surface area (Å²) in [4.78, 5) is 5.56. The van der Waals surface area contributed by atoms with Gasteiger partial charge >= 0.3 is 0 Å². The van der Waals surface area contributed by atoms with Crippen molar-refractivity contribution in [2.45, 2.75) is 35.5 Å². The predicted molar refractivity (Wildman–Crippen MR) is 79.8 cm³/mol. The number of para-hydroxylation sites is 1. The van der Waals surface area contributed by atoms with Gasteiger partial charge in [0.2, 0.25) is 5.16 Å². The van der Waals surface area contributed by atoms with Gasteiger partial charge in [-0.15, -0.1) is 5.10 Å². The van der Waals surface area contributed by atoms with E-state index in [-0.39, 0.29) is 0 Å². The Morgan fingerprint density at radius 3 is 2.95 bits per heavy atom. The number of rotatable bonds is 4. The third-order valence-corrected chi connectivity index (χ3v) is 4.71. The van der Waals surface area contributed by atoms with E-state index in [0.29, 0.717) is 12.6 Å². The molecule has 0 radical (unpaired) electrons. The van der Waals surface area contributed by atoms with E-state index < -0.39 is 0 Å². The number of aromatic nitrogens is 5. The lowest BCUT2D eigenvalue weighted by atomic mass is 10.1. The summed E-state index contributed by atoms with van der Waals surface area (Å²) >= 11 is 1.58. The Morgan fingerprint density at radius 2 is 2.14 bits per heavy atom. The van der Waals surface area contributed by atoms with Crippen molar-refractivity contribution < 1.29 is 0 Å². The number of nitrogens with zero attached hydrogens (tertiary/aromatic N) is 5. The highest BCUT2D eigenvalue weighted by Crippen LogP contribution is 2.40. The molecule has 1 aliphatic rings. The molecule has 0 unspecified atom stereocenters. The maximum atomic E-state index is 5.87. The normalized spacial score (nSPS) is 14.7. The molecule has 1 fully saturated rings. The molecule has 6 nitrogen and oxygen atoms in total. The molecule has 2 heterocycles. The minimum Gasteiger partial charge on any atom is -0.326 e. The molecule has 0 spiro atoms. The molecule has 3 aromatic rings. The lowest BCUT2D eigenvalue weighted by Crippen LogP contribution is -2.02. The molecule has 0 atom stereocenters. The Kier molecular flexibility index (Phi) is 3.08. The lowest BCUT2D eigenvalue weighted by Gasteiger charge is -2.10. The molecule has 0 aliphatic heterocycles. The fourth-order valence-corrected chi connectivity index (χ4v) is 3.40. The Morgan fingerprint density at radius 1 is 1.29 bits per heavy atom. The SMILES string of the molecule is NCc1cnc2ccccc2c1Sc1nnnn1C1CC1. The van der Waals surface area contributed by atoms with Crippen molar-refractivity contribution in [1.29, 1.82) is 0 Å². The fourth-order valence-electron chi connectivity index (χ4n) is 2.32. The van der Waals surface area contributed by atoms with Crippen LogP contribution in [-0.2, 0) is 6.54 Å². The molecule has 2 aromatic heterocycles. The van der Waals surface area contributed by atoms with E-state index in [2.05, 4.69) is 26.6 Å². The van der Waals surface area contributed by atoms with Crippen molar-refractivity contribution in [3.8, 4) is 0 Å². The fraction of sp³-hybridized carbons (Fsp3) is 0.286. The number of tetrazole rings is 1. The number of hydrogen-bond acceptors (Lipinski definition) is 6. The van der Waals surface area contributed by atoms with E-state index in [4.69, 9.17) is 5.73 Å². The van der Waals surface area contributed by atoms with Crippen LogP contribution in [0.2, 0.25) is 0 Å². The van der Waals surface area contributed by atoms with E-state index >= 15 is 0 Å². The van der Waals surface area contributed by atoms with Crippen LogP contribution in [0.15, 0.2) is 40.5 Å². The summed E-state index contributed by atoms with van der Waals surface area (Å²) in [6.45, 7) is 0.450. The number of fused-ring (bicyclic) bond motifs is 1. The van der Waals surface area contributed by atoms with Gasteiger partial charge in [0.15, 0.2) is 0 Å². The standard InChI is InChI=1S/C14H14N6S/c15-7-9-8-16-12-4-2-1-3-11(12)13(9)21-14-17-18-19-20(14)10-5-6-10/h1-4,8,10H,5-7,15H2. The topological polar surface area (TPSA) is 82.5 Å². The van der Waals surface area contributed by atoms with Gasteiger partial charge in [0.1, 0.15) is 0 Å². The quantitative estimate of drug-likeness (QED) is 0.795. The molecule has 0 bridgehead atoms. The zero-order chi connectivity index (χ0) is 14.2. The van der Waals surface area contributed by atoms with Crippen molar-refractivity contribution >= 4 is 22.7 Å². The molecular formula is C14H14N6S.